The lowest BCUT2D eigenvalue weighted by molar-refractivity contribution is -0.394. The Labute approximate surface area is 636 Å². The average molecular weight is 1580 g/mol. The summed E-state index contributed by atoms with van der Waals surface area (Å²) in [7, 11) is 0. The van der Waals surface area contributed by atoms with Crippen LogP contribution in [0.15, 0.2) is 11.6 Å². The maximum atomic E-state index is 16.2. The predicted octanol–water partition coefficient (Wildman–Crippen LogP) is -3.88. The zero-order chi connectivity index (χ0) is 81.0. The van der Waals surface area contributed by atoms with E-state index in [4.69, 9.17) is 66.3 Å². The summed E-state index contributed by atoms with van der Waals surface area (Å²) in [6.45, 7) is 17.6. The number of ether oxygens (including phenoxy) is 14. The molecule has 42 atom stereocenters. The van der Waals surface area contributed by atoms with Crippen LogP contribution in [0.4, 0.5) is 0 Å². The van der Waals surface area contributed by atoms with Gasteiger partial charge in [-0.15, -0.1) is 0 Å². The molecule has 630 valence electrons. The van der Waals surface area contributed by atoms with Gasteiger partial charge in [-0.25, -0.2) is 0 Å². The maximum Gasteiger partial charge on any atom is 0.315 e. The molecule has 36 nitrogen and oxygen atoms in total. The van der Waals surface area contributed by atoms with Crippen molar-refractivity contribution in [3.63, 3.8) is 0 Å². The first-order valence-corrected chi connectivity index (χ1v) is 38.5. The van der Waals surface area contributed by atoms with Gasteiger partial charge in [0, 0.05) is 0 Å². The first kappa shape index (κ1) is 87.3. The molecule has 5 aliphatic carbocycles. The number of esters is 3. The molecule has 18 N–H and O–H groups in total. The first-order chi connectivity index (χ1) is 51.4. The summed E-state index contributed by atoms with van der Waals surface area (Å²) in [5.74, 6) is -7.82. The van der Waals surface area contributed by atoms with E-state index in [2.05, 4.69) is 33.8 Å². The third-order valence-corrected chi connectivity index (χ3v) is 27.6. The van der Waals surface area contributed by atoms with E-state index in [0.717, 1.165) is 5.57 Å². The summed E-state index contributed by atoms with van der Waals surface area (Å²) < 4.78 is 85.2. The normalized spacial score (nSPS) is 50.7. The Hall–Kier alpha value is -3.50. The molecule has 11 rings (SSSR count). The number of rotatable bonds is 21. The van der Waals surface area contributed by atoms with E-state index in [9.17, 15) is 106 Å². The minimum Gasteiger partial charge on any atom is -0.481 e. The standard InChI is InChI=1S/C74H118O36/c1-27(29(3)77)59(92)99-30(4)28(2)60(93)104-53-31(5)101-65(57(51(53)90)108-64-56(106-62-49(88)43(82)37(80)26-98-62)52(91)54(32(6)100-64)105-61-48(87)42(81)36(79)25-97-61)110-68(96)74-19-17-69(7,8)21-34(74)33-13-14-40-70(9)22-35(78)58(73(12,67(94)95)41(70)15-16-72(40,11)71(33,10)18-20-74)109-66-55(47(86)45(84)39(24-76)103-66)107-63-50(89)46(85)44(83)38(23-75)102-63/h13,27-32,34-58,61-66,75-91H,14-26H2,1-12H3,(H,94,95)/t27?,28?,29?,30?,31-,32+,34+,35+,36-,37+,38-,39-,40-,41-,42+,43+,44-,45-,46+,47+,48-,49-,50-,51+,52-,53+,54+,55-,56-,57-,58+,61+,62+,63+,64+,65+,66+,70-,71-,72-,73+,74+/m1/s1. The number of carbonyl (C=O) groups is 4. The van der Waals surface area contributed by atoms with E-state index >= 15 is 4.79 Å². The SMILES string of the molecule is CC(O)C(C)C(=O)OC(C)C(C)C(=O)O[C@@H]1[C@H](O)[C@@H](O[C@@H]2O[C@@H](C)[C@H](O[C@@H]3OC[C@@H](O)[C@H](O)[C@H]3O)[C@@H](O)[C@H]2O[C@@H]2OC[C@H](O)[C@H](O)[C@H]2O)[C@H](OC(=O)[C@]23CCC(C)(C)C[C@H]2C2=CC[C@@H]4[C@@]5(C)C[C@H](O)[C@H](O[C@@H]6O[C@H](CO)[C@@H](O)[C@H](O)[C@H]6O[C@@H]6O[C@H](CO)[C@@H](O)[C@H](O)[C@H]6O)[C@@](C)(C(=O)O)[C@@H]5CC[C@@]4(C)[C@]2(C)CC3)O[C@@H]1C. The van der Waals surface area contributed by atoms with Gasteiger partial charge in [-0.1, -0.05) is 46.3 Å². The van der Waals surface area contributed by atoms with Crippen molar-refractivity contribution in [1.29, 1.82) is 0 Å². The minimum absolute atomic E-state index is 0.0470. The lowest BCUT2D eigenvalue weighted by atomic mass is 9.33. The lowest BCUT2D eigenvalue weighted by Gasteiger charge is -2.71. The summed E-state index contributed by atoms with van der Waals surface area (Å²) in [6.07, 6.45) is -51.0. The summed E-state index contributed by atoms with van der Waals surface area (Å²) in [5.41, 5.74) is -5.15. The largest absolute Gasteiger partial charge is 0.481 e. The lowest BCUT2D eigenvalue weighted by Crippen LogP contribution is -2.70. The van der Waals surface area contributed by atoms with Gasteiger partial charge in [0.1, 0.15) is 122 Å². The highest BCUT2D eigenvalue weighted by molar-refractivity contribution is 5.79. The van der Waals surface area contributed by atoms with Crippen molar-refractivity contribution < 1.29 is 177 Å². The zero-order valence-corrected chi connectivity index (χ0v) is 64.0. The van der Waals surface area contributed by atoms with Gasteiger partial charge in [-0.05, 0) is 146 Å². The molecule has 0 spiro atoms. The summed E-state index contributed by atoms with van der Waals surface area (Å²) in [5, 5.41) is 199. The Bertz CT molecular complexity index is 3240. The van der Waals surface area contributed by atoms with Crippen LogP contribution in [0.2, 0.25) is 0 Å². The highest BCUT2D eigenvalue weighted by Gasteiger charge is 2.74. The van der Waals surface area contributed by atoms with Crippen LogP contribution in [0.25, 0.3) is 0 Å². The first-order valence-electron chi connectivity index (χ1n) is 38.5. The third kappa shape index (κ3) is 15.5. The third-order valence-electron chi connectivity index (χ3n) is 27.6. The summed E-state index contributed by atoms with van der Waals surface area (Å²) >= 11 is 0. The molecule has 36 heteroatoms. The van der Waals surface area contributed by atoms with Gasteiger partial charge in [-0.3, -0.25) is 19.2 Å². The van der Waals surface area contributed by atoms with Crippen LogP contribution in [-0.4, -0.2) is 339 Å². The molecule has 0 aromatic carbocycles. The molecule has 0 radical (unpaired) electrons. The van der Waals surface area contributed by atoms with Crippen LogP contribution in [0.1, 0.15) is 141 Å². The minimum atomic E-state index is -2.05. The van der Waals surface area contributed by atoms with Crippen molar-refractivity contribution in [2.24, 2.45) is 62.1 Å². The number of carboxylic acids is 1. The smallest absolute Gasteiger partial charge is 0.315 e. The van der Waals surface area contributed by atoms with Crippen LogP contribution in [-0.2, 0) is 85.5 Å². The fraction of sp³-hybridized carbons (Fsp3) is 0.919. The fourth-order valence-electron chi connectivity index (χ4n) is 20.0. The fourth-order valence-corrected chi connectivity index (χ4v) is 20.0. The van der Waals surface area contributed by atoms with Crippen molar-refractivity contribution in [2.45, 2.75) is 337 Å². The number of aliphatic carboxylic acids is 1. The van der Waals surface area contributed by atoms with Crippen molar-refractivity contribution in [2.75, 3.05) is 26.4 Å². The van der Waals surface area contributed by atoms with Crippen molar-refractivity contribution in [3.05, 3.63) is 11.6 Å². The number of hydrogen-bond donors (Lipinski definition) is 18. The van der Waals surface area contributed by atoms with Gasteiger partial charge >= 0.3 is 23.9 Å². The Balaban J connectivity index is 0.899. The second kappa shape index (κ2) is 33.1. The van der Waals surface area contributed by atoms with E-state index in [1.807, 2.05) is 6.92 Å². The van der Waals surface area contributed by atoms with Crippen LogP contribution in [0, 0.1) is 62.1 Å². The van der Waals surface area contributed by atoms with Gasteiger partial charge in [0.2, 0.25) is 6.29 Å². The Morgan fingerprint density at radius 2 is 1.00 bits per heavy atom. The predicted molar refractivity (Wildman–Crippen MR) is 366 cm³/mol. The number of hydrogen-bond acceptors (Lipinski definition) is 35. The van der Waals surface area contributed by atoms with E-state index in [-0.39, 0.29) is 37.0 Å². The number of carboxylic acid groups (broad SMARTS) is 1. The molecule has 11 aliphatic rings. The van der Waals surface area contributed by atoms with Gasteiger partial charge in [0.05, 0.1) is 73.5 Å². The topological polar surface area (TPSA) is 562 Å². The summed E-state index contributed by atoms with van der Waals surface area (Å²) in [6, 6.07) is 0. The van der Waals surface area contributed by atoms with Crippen molar-refractivity contribution in [1.82, 2.24) is 0 Å². The molecule has 6 saturated heterocycles. The molecular weight excluding hydrogens is 1460 g/mol. The van der Waals surface area contributed by atoms with E-state index in [0.29, 0.717) is 32.1 Å². The van der Waals surface area contributed by atoms with Gasteiger partial charge in [0.15, 0.2) is 43.7 Å². The van der Waals surface area contributed by atoms with E-state index in [1.165, 1.54) is 48.5 Å². The second-order valence-electron chi connectivity index (χ2n) is 34.8. The molecule has 6 aliphatic heterocycles. The monoisotopic (exact) mass is 1580 g/mol. The van der Waals surface area contributed by atoms with Crippen LogP contribution in [0.5, 0.6) is 0 Å². The average Bonchev–Trinajstić information content (AvgIpc) is 0.671. The number of allylic oxidation sites excluding steroid dienone is 2. The molecular formula is C74H118O36. The molecule has 10 fully saturated rings. The van der Waals surface area contributed by atoms with Crippen LogP contribution in [0.3, 0.4) is 0 Å². The zero-order valence-electron chi connectivity index (χ0n) is 64.0. The number of aliphatic hydroxyl groups excluding tert-OH is 17. The molecule has 4 unspecified atom stereocenters. The van der Waals surface area contributed by atoms with Crippen molar-refractivity contribution >= 4 is 23.9 Å². The summed E-state index contributed by atoms with van der Waals surface area (Å²) in [4.78, 5) is 57.8. The maximum absolute atomic E-state index is 16.2. The molecule has 0 bridgehead atoms. The second-order valence-corrected chi connectivity index (χ2v) is 34.8. The van der Waals surface area contributed by atoms with E-state index in [1.54, 1.807) is 0 Å². The quantitative estimate of drug-likeness (QED) is 0.0226. The highest BCUT2D eigenvalue weighted by Crippen LogP contribution is 2.76. The molecule has 6 heterocycles. The Kier molecular flexibility index (Phi) is 26.3. The Morgan fingerprint density at radius 1 is 0.500 bits per heavy atom. The molecule has 110 heavy (non-hydrogen) atoms. The number of carbonyl (C=O) groups excluding carboxylic acids is 3. The molecule has 0 aromatic heterocycles. The van der Waals surface area contributed by atoms with Crippen LogP contribution < -0.4 is 0 Å². The molecule has 4 saturated carbocycles. The molecule has 0 aromatic rings. The van der Waals surface area contributed by atoms with E-state index < -0.39 is 297 Å². The van der Waals surface area contributed by atoms with Gasteiger partial charge in [0.25, 0.3) is 0 Å². The van der Waals surface area contributed by atoms with Gasteiger partial charge in [-0.2, -0.15) is 0 Å². The Morgan fingerprint density at radius 3 is 1.59 bits per heavy atom. The van der Waals surface area contributed by atoms with Gasteiger partial charge < -0.3 is 158 Å². The van der Waals surface area contributed by atoms with Crippen LogP contribution >= 0.6 is 0 Å². The number of aliphatic hydroxyl groups is 17. The van der Waals surface area contributed by atoms with Crippen molar-refractivity contribution in [3.8, 4) is 0 Å². The highest BCUT2D eigenvalue weighted by atomic mass is 16.8. The molecule has 0 amide bonds. The number of fused-ring (bicyclic) bond motifs is 7.